The molecule has 0 aliphatic heterocycles. The normalized spacial score (nSPS) is 10.3. The maximum absolute atomic E-state index is 12.4. The molecule has 2 aromatic heterocycles. The molecule has 1 aromatic carbocycles. The summed E-state index contributed by atoms with van der Waals surface area (Å²) in [4.78, 5) is 28.3. The Kier molecular flexibility index (Phi) is 5.78. The number of rotatable bonds is 7. The summed E-state index contributed by atoms with van der Waals surface area (Å²) in [6.45, 7) is 0.583. The van der Waals surface area contributed by atoms with Crippen LogP contribution < -0.4 is 15.4 Å². The zero-order chi connectivity index (χ0) is 19.1. The van der Waals surface area contributed by atoms with E-state index >= 15 is 0 Å². The van der Waals surface area contributed by atoms with Gasteiger partial charge in [-0.2, -0.15) is 5.10 Å². The molecule has 0 fully saturated rings. The fraction of sp³-hybridized carbons (Fsp3) is 0.158. The van der Waals surface area contributed by atoms with E-state index in [1.807, 2.05) is 24.3 Å². The Morgan fingerprint density at radius 3 is 2.63 bits per heavy atom. The largest absolute Gasteiger partial charge is 0.497 e. The average Bonchev–Trinajstić information content (AvgIpc) is 3.21. The number of hydrogen-bond donors (Lipinski definition) is 3. The highest BCUT2D eigenvalue weighted by atomic mass is 16.5. The number of nitrogens with zero attached hydrogens (tertiary/aromatic N) is 2. The van der Waals surface area contributed by atoms with Crippen LogP contribution in [0.5, 0.6) is 5.75 Å². The minimum Gasteiger partial charge on any atom is -0.497 e. The molecule has 138 valence electrons. The van der Waals surface area contributed by atoms with Crippen molar-refractivity contribution in [3.05, 3.63) is 66.1 Å². The maximum atomic E-state index is 12.4. The Hall–Kier alpha value is -3.68. The number of benzene rings is 1. The third-order valence-electron chi connectivity index (χ3n) is 3.86. The number of pyridine rings is 1. The second-order valence-corrected chi connectivity index (χ2v) is 5.64. The van der Waals surface area contributed by atoms with Gasteiger partial charge in [0.1, 0.15) is 5.75 Å². The van der Waals surface area contributed by atoms with Crippen LogP contribution in [0.3, 0.4) is 0 Å². The number of H-pyrrole nitrogens is 1. The Labute approximate surface area is 156 Å². The van der Waals surface area contributed by atoms with E-state index < -0.39 is 0 Å². The molecule has 3 aromatic rings. The van der Waals surface area contributed by atoms with Crippen molar-refractivity contribution in [2.75, 3.05) is 20.2 Å². The molecule has 8 nitrogen and oxygen atoms in total. The van der Waals surface area contributed by atoms with Crippen LogP contribution in [0, 0.1) is 0 Å². The summed E-state index contributed by atoms with van der Waals surface area (Å²) >= 11 is 0. The number of aromatic nitrogens is 3. The number of hydrogen-bond acceptors (Lipinski definition) is 5. The molecule has 0 unspecified atom stereocenters. The third-order valence-corrected chi connectivity index (χ3v) is 3.86. The van der Waals surface area contributed by atoms with Gasteiger partial charge >= 0.3 is 0 Å². The quantitative estimate of drug-likeness (QED) is 0.552. The lowest BCUT2D eigenvalue weighted by molar-refractivity contribution is 0.0928. The van der Waals surface area contributed by atoms with Gasteiger partial charge in [0.05, 0.1) is 30.1 Å². The molecule has 27 heavy (non-hydrogen) atoms. The van der Waals surface area contributed by atoms with Crippen LogP contribution in [0.4, 0.5) is 0 Å². The van der Waals surface area contributed by atoms with Crippen LogP contribution in [0.1, 0.15) is 20.7 Å². The van der Waals surface area contributed by atoms with Crippen molar-refractivity contribution in [2.24, 2.45) is 0 Å². The van der Waals surface area contributed by atoms with Gasteiger partial charge < -0.3 is 15.4 Å². The lowest BCUT2D eigenvalue weighted by Crippen LogP contribution is -2.34. The fourth-order valence-corrected chi connectivity index (χ4v) is 2.50. The van der Waals surface area contributed by atoms with Crippen LogP contribution in [0.25, 0.3) is 11.3 Å². The minimum atomic E-state index is -0.280. The van der Waals surface area contributed by atoms with E-state index in [2.05, 4.69) is 25.8 Å². The minimum absolute atomic E-state index is 0.238. The summed E-state index contributed by atoms with van der Waals surface area (Å²) in [7, 11) is 1.58. The zero-order valence-corrected chi connectivity index (χ0v) is 14.7. The molecular formula is C19H19N5O3. The maximum Gasteiger partial charge on any atom is 0.255 e. The van der Waals surface area contributed by atoms with Crippen molar-refractivity contribution in [3.63, 3.8) is 0 Å². The molecule has 0 radical (unpaired) electrons. The molecule has 3 N–H and O–H groups in total. The van der Waals surface area contributed by atoms with Gasteiger partial charge in [0.2, 0.25) is 0 Å². The Balaban J connectivity index is 1.56. The predicted octanol–water partition coefficient (Wildman–Crippen LogP) is 1.64. The summed E-state index contributed by atoms with van der Waals surface area (Å²) in [5.41, 5.74) is 2.29. The standard InChI is InChI=1S/C19H19N5O3/c1-27-15-6-2-4-13(10-15)17-16(12-23-24-17)19(26)22-9-8-21-18(25)14-5-3-7-20-11-14/h2-7,10-12H,8-9H2,1H3,(H,21,25)(H,22,26)(H,23,24). The summed E-state index contributed by atoms with van der Waals surface area (Å²) < 4.78 is 5.21. The smallest absolute Gasteiger partial charge is 0.255 e. The van der Waals surface area contributed by atoms with E-state index in [9.17, 15) is 9.59 Å². The molecule has 8 heteroatoms. The summed E-state index contributed by atoms with van der Waals surface area (Å²) in [5.74, 6) is 0.168. The molecule has 0 atom stereocenters. The first kappa shape index (κ1) is 18.1. The number of methoxy groups -OCH3 is 1. The molecule has 2 heterocycles. The first-order valence-corrected chi connectivity index (χ1v) is 8.33. The van der Waals surface area contributed by atoms with Crippen molar-refractivity contribution < 1.29 is 14.3 Å². The molecule has 0 aliphatic carbocycles. The highest BCUT2D eigenvalue weighted by molar-refractivity contribution is 5.99. The average molecular weight is 365 g/mol. The van der Waals surface area contributed by atoms with E-state index in [0.29, 0.717) is 29.1 Å². The van der Waals surface area contributed by atoms with Crippen molar-refractivity contribution in [1.82, 2.24) is 25.8 Å². The number of ether oxygens (including phenoxy) is 1. The van der Waals surface area contributed by atoms with E-state index in [4.69, 9.17) is 4.74 Å². The van der Waals surface area contributed by atoms with Crippen LogP contribution in [-0.2, 0) is 0 Å². The summed E-state index contributed by atoms with van der Waals surface area (Å²) in [6, 6.07) is 10.7. The van der Waals surface area contributed by atoms with Crippen molar-refractivity contribution in [2.45, 2.75) is 0 Å². The number of nitrogens with one attached hydrogen (secondary N) is 3. The van der Waals surface area contributed by atoms with E-state index in [1.54, 1.807) is 25.4 Å². The molecule has 0 spiro atoms. The monoisotopic (exact) mass is 365 g/mol. The highest BCUT2D eigenvalue weighted by Gasteiger charge is 2.15. The molecule has 3 rings (SSSR count). The first-order chi connectivity index (χ1) is 13.2. The molecule has 0 aliphatic rings. The zero-order valence-electron chi connectivity index (χ0n) is 14.7. The van der Waals surface area contributed by atoms with Crippen molar-refractivity contribution in [3.8, 4) is 17.0 Å². The van der Waals surface area contributed by atoms with Gasteiger partial charge in [0.25, 0.3) is 11.8 Å². The lowest BCUT2D eigenvalue weighted by Gasteiger charge is -2.08. The number of carbonyl (C=O) groups excluding carboxylic acids is 2. The van der Waals surface area contributed by atoms with Crippen LogP contribution in [-0.4, -0.2) is 47.2 Å². The van der Waals surface area contributed by atoms with Gasteiger partial charge in [-0.3, -0.25) is 19.7 Å². The SMILES string of the molecule is COc1cccc(-c2[nH]ncc2C(=O)NCCNC(=O)c2cccnc2)c1. The first-order valence-electron chi connectivity index (χ1n) is 8.33. The highest BCUT2D eigenvalue weighted by Crippen LogP contribution is 2.24. The lowest BCUT2D eigenvalue weighted by atomic mass is 10.1. The second kappa shape index (κ2) is 8.61. The molecule has 2 amide bonds. The van der Waals surface area contributed by atoms with Crippen LogP contribution >= 0.6 is 0 Å². The molecule has 0 saturated carbocycles. The van der Waals surface area contributed by atoms with Crippen LogP contribution in [0.15, 0.2) is 55.0 Å². The van der Waals surface area contributed by atoms with Gasteiger partial charge in [-0.25, -0.2) is 0 Å². The molecular weight excluding hydrogens is 346 g/mol. The topological polar surface area (TPSA) is 109 Å². The van der Waals surface area contributed by atoms with Gasteiger partial charge in [-0.1, -0.05) is 12.1 Å². The number of aromatic amines is 1. The Bertz CT molecular complexity index is 924. The van der Waals surface area contributed by atoms with E-state index in [0.717, 1.165) is 5.56 Å². The summed E-state index contributed by atoms with van der Waals surface area (Å²) in [6.07, 6.45) is 4.56. The predicted molar refractivity (Wildman–Crippen MR) is 99.5 cm³/mol. The number of carbonyl (C=O) groups is 2. The van der Waals surface area contributed by atoms with E-state index in [1.165, 1.54) is 12.4 Å². The Morgan fingerprint density at radius 1 is 1.07 bits per heavy atom. The van der Waals surface area contributed by atoms with Gasteiger partial charge in [-0.05, 0) is 24.3 Å². The van der Waals surface area contributed by atoms with Gasteiger partial charge in [-0.15, -0.1) is 0 Å². The molecule has 0 saturated heterocycles. The van der Waals surface area contributed by atoms with E-state index in [-0.39, 0.29) is 18.4 Å². The summed E-state index contributed by atoms with van der Waals surface area (Å²) in [5, 5.41) is 12.3. The van der Waals surface area contributed by atoms with Crippen molar-refractivity contribution in [1.29, 1.82) is 0 Å². The second-order valence-electron chi connectivity index (χ2n) is 5.64. The molecule has 0 bridgehead atoms. The van der Waals surface area contributed by atoms with Gasteiger partial charge in [0.15, 0.2) is 0 Å². The fourth-order valence-electron chi connectivity index (χ4n) is 2.50. The number of amides is 2. The van der Waals surface area contributed by atoms with Crippen molar-refractivity contribution >= 4 is 11.8 Å². The van der Waals surface area contributed by atoms with Gasteiger partial charge in [0, 0.05) is 31.0 Å². The van der Waals surface area contributed by atoms with Crippen LogP contribution in [0.2, 0.25) is 0 Å². The Morgan fingerprint density at radius 2 is 1.89 bits per heavy atom. The third kappa shape index (κ3) is 4.49.